The number of fused-ring (bicyclic) bond motifs is 3. The average Bonchev–Trinajstić information content (AvgIpc) is 3.11. The van der Waals surface area contributed by atoms with Gasteiger partial charge in [0.2, 0.25) is 0 Å². The number of amides is 1. The minimum absolute atomic E-state index is 0.0184. The smallest absolute Gasteiger partial charge is 0.251 e. The molecule has 2 aromatic rings. The molecule has 0 spiro atoms. The Hall–Kier alpha value is -1.93. The number of morpholine rings is 1. The van der Waals surface area contributed by atoms with Crippen molar-refractivity contribution in [3.05, 3.63) is 35.0 Å². The third-order valence-corrected chi connectivity index (χ3v) is 7.22. The van der Waals surface area contributed by atoms with Crippen molar-refractivity contribution in [3.8, 4) is 0 Å². The van der Waals surface area contributed by atoms with Crippen LogP contribution in [0, 0.1) is 0 Å². The van der Waals surface area contributed by atoms with E-state index < -0.39 is 0 Å². The van der Waals surface area contributed by atoms with E-state index in [-0.39, 0.29) is 5.91 Å². The molecule has 3 aliphatic rings. The summed E-state index contributed by atoms with van der Waals surface area (Å²) in [7, 11) is 2.16. The van der Waals surface area contributed by atoms with Crippen LogP contribution in [-0.2, 0) is 29.5 Å². The van der Waals surface area contributed by atoms with Gasteiger partial charge in [0.25, 0.3) is 5.91 Å². The van der Waals surface area contributed by atoms with Crippen molar-refractivity contribution in [2.45, 2.75) is 31.8 Å². The Labute approximate surface area is 184 Å². The lowest BCUT2D eigenvalue weighted by Gasteiger charge is -2.37. The normalized spacial score (nSPS) is 21.3. The molecule has 0 aliphatic carbocycles. The van der Waals surface area contributed by atoms with E-state index in [9.17, 15) is 4.79 Å². The van der Waals surface area contributed by atoms with Crippen LogP contribution >= 0.6 is 0 Å². The lowest BCUT2D eigenvalue weighted by atomic mass is 9.99. The lowest BCUT2D eigenvalue weighted by Crippen LogP contribution is -2.42. The van der Waals surface area contributed by atoms with Crippen LogP contribution < -0.4 is 5.32 Å². The second-order valence-electron chi connectivity index (χ2n) is 8.99. The fourth-order valence-electron chi connectivity index (χ4n) is 5.36. The fourth-order valence-corrected chi connectivity index (χ4v) is 5.36. The Morgan fingerprint density at radius 3 is 2.68 bits per heavy atom. The van der Waals surface area contributed by atoms with E-state index in [4.69, 9.17) is 9.47 Å². The molecule has 0 radical (unpaired) electrons. The lowest BCUT2D eigenvalue weighted by molar-refractivity contribution is 0.0289. The second kappa shape index (κ2) is 9.28. The van der Waals surface area contributed by atoms with E-state index in [1.54, 1.807) is 0 Å². The molecule has 1 amide bonds. The summed E-state index contributed by atoms with van der Waals surface area (Å²) in [5.74, 6) is 0.0184. The zero-order chi connectivity index (χ0) is 21.2. The van der Waals surface area contributed by atoms with Gasteiger partial charge in [-0.3, -0.25) is 14.6 Å². The zero-order valence-electron chi connectivity index (χ0n) is 18.6. The van der Waals surface area contributed by atoms with Crippen LogP contribution in [-0.4, -0.2) is 85.5 Å². The number of benzene rings is 1. The topological polar surface area (TPSA) is 59.0 Å². The first-order valence-electron chi connectivity index (χ1n) is 11.7. The molecule has 31 heavy (non-hydrogen) atoms. The van der Waals surface area contributed by atoms with Gasteiger partial charge in [0.15, 0.2) is 0 Å². The summed E-state index contributed by atoms with van der Waals surface area (Å²) < 4.78 is 13.3. The standard InChI is InChI=1S/C24H34N4O3/c1-26-22-3-2-18(24(29)25-7-9-27-10-14-31-15-11-27)16-20(22)21-17-28(8-4-23(21)26)19-5-12-30-13-6-19/h2-3,16,19H,4-15,17H2,1H3,(H,25,29). The average molecular weight is 427 g/mol. The molecule has 0 unspecified atom stereocenters. The first-order chi connectivity index (χ1) is 15.2. The molecule has 1 N–H and O–H groups in total. The molecule has 2 saturated heterocycles. The van der Waals surface area contributed by atoms with Crippen molar-refractivity contribution in [3.63, 3.8) is 0 Å². The summed E-state index contributed by atoms with van der Waals surface area (Å²) in [5.41, 5.74) is 4.80. The van der Waals surface area contributed by atoms with Gasteiger partial charge in [-0.2, -0.15) is 0 Å². The third kappa shape index (κ3) is 4.37. The van der Waals surface area contributed by atoms with Crippen LogP contribution in [0.3, 0.4) is 0 Å². The predicted molar refractivity (Wildman–Crippen MR) is 120 cm³/mol. The molecule has 7 nitrogen and oxygen atoms in total. The second-order valence-corrected chi connectivity index (χ2v) is 8.99. The minimum Gasteiger partial charge on any atom is -0.381 e. The van der Waals surface area contributed by atoms with Crippen molar-refractivity contribution in [2.24, 2.45) is 7.05 Å². The molecular weight excluding hydrogens is 392 g/mol. The van der Waals surface area contributed by atoms with Gasteiger partial charge in [-0.1, -0.05) is 0 Å². The van der Waals surface area contributed by atoms with E-state index in [1.165, 1.54) is 22.2 Å². The van der Waals surface area contributed by atoms with Crippen molar-refractivity contribution in [2.75, 3.05) is 59.2 Å². The van der Waals surface area contributed by atoms with Crippen molar-refractivity contribution in [1.29, 1.82) is 0 Å². The molecule has 0 atom stereocenters. The molecule has 3 aliphatic heterocycles. The fraction of sp³-hybridized carbons (Fsp3) is 0.625. The number of aryl methyl sites for hydroxylation is 1. The maximum atomic E-state index is 12.8. The van der Waals surface area contributed by atoms with Crippen LogP contribution in [0.5, 0.6) is 0 Å². The van der Waals surface area contributed by atoms with E-state index in [2.05, 4.69) is 38.9 Å². The number of hydrogen-bond acceptors (Lipinski definition) is 5. The quantitative estimate of drug-likeness (QED) is 0.790. The van der Waals surface area contributed by atoms with Gasteiger partial charge < -0.3 is 19.4 Å². The van der Waals surface area contributed by atoms with Crippen molar-refractivity contribution < 1.29 is 14.3 Å². The first kappa shape index (κ1) is 20.9. The van der Waals surface area contributed by atoms with Gasteiger partial charge in [-0.05, 0) is 36.6 Å². The predicted octanol–water partition coefficient (Wildman–Crippen LogP) is 1.78. The Morgan fingerprint density at radius 2 is 1.87 bits per heavy atom. The van der Waals surface area contributed by atoms with E-state index >= 15 is 0 Å². The summed E-state index contributed by atoms with van der Waals surface area (Å²) in [5, 5.41) is 4.34. The minimum atomic E-state index is 0.0184. The monoisotopic (exact) mass is 426 g/mol. The van der Waals surface area contributed by atoms with Gasteiger partial charge in [-0.15, -0.1) is 0 Å². The largest absolute Gasteiger partial charge is 0.381 e. The number of nitrogens with zero attached hydrogens (tertiary/aromatic N) is 3. The van der Waals surface area contributed by atoms with Gasteiger partial charge in [0, 0.05) is 94.2 Å². The summed E-state index contributed by atoms with van der Waals surface area (Å²) in [6.07, 6.45) is 3.31. The maximum absolute atomic E-state index is 12.8. The van der Waals surface area contributed by atoms with Gasteiger partial charge >= 0.3 is 0 Å². The molecule has 1 aromatic heterocycles. The molecule has 0 bridgehead atoms. The third-order valence-electron chi connectivity index (χ3n) is 7.22. The van der Waals surface area contributed by atoms with Crippen LogP contribution in [0.25, 0.3) is 10.9 Å². The zero-order valence-corrected chi connectivity index (χ0v) is 18.6. The van der Waals surface area contributed by atoms with Crippen molar-refractivity contribution >= 4 is 16.8 Å². The number of carbonyl (C=O) groups is 1. The van der Waals surface area contributed by atoms with Gasteiger partial charge in [0.05, 0.1) is 13.2 Å². The Morgan fingerprint density at radius 1 is 1.10 bits per heavy atom. The maximum Gasteiger partial charge on any atom is 0.251 e. The number of carbonyl (C=O) groups excluding carboxylic acids is 1. The first-order valence-corrected chi connectivity index (χ1v) is 11.7. The molecule has 7 heteroatoms. The Kier molecular flexibility index (Phi) is 6.27. The summed E-state index contributed by atoms with van der Waals surface area (Å²) >= 11 is 0. The molecule has 5 rings (SSSR count). The molecule has 2 fully saturated rings. The highest BCUT2D eigenvalue weighted by atomic mass is 16.5. The molecule has 0 saturated carbocycles. The number of hydrogen-bond donors (Lipinski definition) is 1. The number of ether oxygens (including phenoxy) is 2. The Bertz CT molecular complexity index is 929. The van der Waals surface area contributed by atoms with E-state index in [0.29, 0.717) is 12.6 Å². The van der Waals surface area contributed by atoms with Crippen LogP contribution in [0.4, 0.5) is 0 Å². The van der Waals surface area contributed by atoms with Crippen LogP contribution in [0.1, 0.15) is 34.5 Å². The summed E-state index contributed by atoms with van der Waals surface area (Å²) in [6, 6.07) is 6.80. The Balaban J connectivity index is 1.30. The highest BCUT2D eigenvalue weighted by Crippen LogP contribution is 2.32. The molecular formula is C24H34N4O3. The molecule has 4 heterocycles. The van der Waals surface area contributed by atoms with E-state index in [1.807, 2.05) is 6.07 Å². The van der Waals surface area contributed by atoms with E-state index in [0.717, 1.165) is 84.0 Å². The highest BCUT2D eigenvalue weighted by molar-refractivity contribution is 5.99. The highest BCUT2D eigenvalue weighted by Gasteiger charge is 2.28. The van der Waals surface area contributed by atoms with Gasteiger partial charge in [0.1, 0.15) is 0 Å². The van der Waals surface area contributed by atoms with Crippen LogP contribution in [0.15, 0.2) is 18.2 Å². The molecule has 1 aromatic carbocycles. The number of aromatic nitrogens is 1. The SMILES string of the molecule is Cn1c2c(c3cc(C(=O)NCCN4CCOCC4)ccc31)CN(C1CCOCC1)CC2. The van der Waals surface area contributed by atoms with Crippen LogP contribution in [0.2, 0.25) is 0 Å². The van der Waals surface area contributed by atoms with Gasteiger partial charge in [-0.25, -0.2) is 0 Å². The summed E-state index contributed by atoms with van der Waals surface area (Å²) in [6.45, 7) is 8.83. The number of rotatable bonds is 5. The van der Waals surface area contributed by atoms with Crippen molar-refractivity contribution in [1.82, 2.24) is 19.7 Å². The summed E-state index contributed by atoms with van der Waals surface area (Å²) in [4.78, 5) is 17.8. The molecule has 168 valence electrons. The number of nitrogens with one attached hydrogen (secondary N) is 1.